The molecule has 0 radical (unpaired) electrons. The summed E-state index contributed by atoms with van der Waals surface area (Å²) in [5.41, 5.74) is 0.499. The van der Waals surface area contributed by atoms with Gasteiger partial charge in [0.25, 0.3) is 10.0 Å². The molecule has 1 aromatic rings. The van der Waals surface area contributed by atoms with Crippen LogP contribution in [0.25, 0.3) is 0 Å². The Hall–Kier alpha value is -0.790. The molecule has 7 heteroatoms. The van der Waals surface area contributed by atoms with Crippen LogP contribution in [0.2, 0.25) is 0 Å². The Morgan fingerprint density at radius 1 is 1.50 bits per heavy atom. The lowest BCUT2D eigenvalue weighted by Gasteiger charge is -2.09. The number of sulfonamides is 1. The van der Waals surface area contributed by atoms with Crippen molar-refractivity contribution in [1.29, 1.82) is 0 Å². The summed E-state index contributed by atoms with van der Waals surface area (Å²) in [5, 5.41) is 2.85. The Balaban J connectivity index is 2.89. The summed E-state index contributed by atoms with van der Waals surface area (Å²) in [4.78, 5) is 3.88. The molecule has 1 heterocycles. The molecule has 0 atom stereocenters. The quantitative estimate of drug-likeness (QED) is 0.740. The van der Waals surface area contributed by atoms with E-state index in [1.54, 1.807) is 30.9 Å². The molecule has 0 amide bonds. The SMILES string of the molecule is CNc1cccnc1S(=O)(=O)NCCSC. The third kappa shape index (κ3) is 3.36. The minimum atomic E-state index is -3.51. The second-order valence-corrected chi connectivity index (χ2v) is 5.66. The molecule has 2 N–H and O–H groups in total. The van der Waals surface area contributed by atoms with Crippen LogP contribution in [0.5, 0.6) is 0 Å². The Morgan fingerprint density at radius 2 is 2.25 bits per heavy atom. The molecule has 5 nitrogen and oxygen atoms in total. The van der Waals surface area contributed by atoms with Gasteiger partial charge in [0.1, 0.15) is 0 Å². The van der Waals surface area contributed by atoms with Gasteiger partial charge in [0.05, 0.1) is 5.69 Å². The summed E-state index contributed by atoms with van der Waals surface area (Å²) in [6.45, 7) is 0.406. The monoisotopic (exact) mass is 261 g/mol. The van der Waals surface area contributed by atoms with E-state index in [4.69, 9.17) is 0 Å². The second kappa shape index (κ2) is 6.07. The predicted molar refractivity (Wildman–Crippen MR) is 67.4 cm³/mol. The highest BCUT2D eigenvalue weighted by Crippen LogP contribution is 2.16. The molecule has 0 aliphatic rings. The maximum Gasteiger partial charge on any atom is 0.260 e. The highest BCUT2D eigenvalue weighted by molar-refractivity contribution is 7.98. The molecule has 16 heavy (non-hydrogen) atoms. The average Bonchev–Trinajstić information content (AvgIpc) is 2.29. The molecule has 1 rings (SSSR count). The van der Waals surface area contributed by atoms with Gasteiger partial charge in [-0.25, -0.2) is 18.1 Å². The van der Waals surface area contributed by atoms with E-state index >= 15 is 0 Å². The number of nitrogens with zero attached hydrogens (tertiary/aromatic N) is 1. The summed E-state index contributed by atoms with van der Waals surface area (Å²) >= 11 is 1.58. The lowest BCUT2D eigenvalue weighted by atomic mass is 10.4. The predicted octanol–water partition coefficient (Wildman–Crippen LogP) is 0.765. The topological polar surface area (TPSA) is 71.1 Å². The van der Waals surface area contributed by atoms with Crippen LogP contribution in [0.15, 0.2) is 23.4 Å². The van der Waals surface area contributed by atoms with E-state index in [1.165, 1.54) is 6.20 Å². The molecule has 0 spiro atoms. The van der Waals surface area contributed by atoms with Crippen LogP contribution in [-0.2, 0) is 10.0 Å². The normalized spacial score (nSPS) is 11.4. The van der Waals surface area contributed by atoms with Gasteiger partial charge in [-0.2, -0.15) is 11.8 Å². The first-order valence-corrected chi connectivity index (χ1v) is 7.61. The molecule has 90 valence electrons. The lowest BCUT2D eigenvalue weighted by Crippen LogP contribution is -2.27. The van der Waals surface area contributed by atoms with E-state index in [0.717, 1.165) is 5.75 Å². The van der Waals surface area contributed by atoms with E-state index in [9.17, 15) is 8.42 Å². The summed E-state index contributed by atoms with van der Waals surface area (Å²) in [6, 6.07) is 3.36. The molecule has 1 aromatic heterocycles. The first-order chi connectivity index (χ1) is 7.61. The zero-order chi connectivity index (χ0) is 12.0. The minimum absolute atomic E-state index is 0.0404. The van der Waals surface area contributed by atoms with Crippen LogP contribution in [0, 0.1) is 0 Å². The van der Waals surface area contributed by atoms with Gasteiger partial charge < -0.3 is 5.32 Å². The molecular weight excluding hydrogens is 246 g/mol. The fourth-order valence-electron chi connectivity index (χ4n) is 1.14. The summed E-state index contributed by atoms with van der Waals surface area (Å²) in [6.07, 6.45) is 3.39. The van der Waals surface area contributed by atoms with Crippen molar-refractivity contribution in [2.45, 2.75) is 5.03 Å². The van der Waals surface area contributed by atoms with Gasteiger partial charge in [0.2, 0.25) is 0 Å². The molecular formula is C9H15N3O2S2. The molecule has 0 saturated carbocycles. The van der Waals surface area contributed by atoms with Crippen molar-refractivity contribution in [3.8, 4) is 0 Å². The molecule has 0 unspecified atom stereocenters. The number of thioether (sulfide) groups is 1. The van der Waals surface area contributed by atoms with Crippen molar-refractivity contribution in [2.75, 3.05) is 30.9 Å². The van der Waals surface area contributed by atoms with Gasteiger partial charge in [0.15, 0.2) is 5.03 Å². The molecule has 0 aliphatic carbocycles. The zero-order valence-corrected chi connectivity index (χ0v) is 10.9. The van der Waals surface area contributed by atoms with Crippen molar-refractivity contribution in [1.82, 2.24) is 9.71 Å². The van der Waals surface area contributed by atoms with Crippen molar-refractivity contribution in [3.05, 3.63) is 18.3 Å². The Morgan fingerprint density at radius 3 is 2.88 bits per heavy atom. The van der Waals surface area contributed by atoms with E-state index < -0.39 is 10.0 Å². The number of nitrogens with one attached hydrogen (secondary N) is 2. The van der Waals surface area contributed by atoms with Gasteiger partial charge in [-0.15, -0.1) is 0 Å². The van der Waals surface area contributed by atoms with Crippen LogP contribution in [0.1, 0.15) is 0 Å². The lowest BCUT2D eigenvalue weighted by molar-refractivity contribution is 0.581. The van der Waals surface area contributed by atoms with E-state index in [0.29, 0.717) is 12.2 Å². The fourth-order valence-corrected chi connectivity index (χ4v) is 2.74. The Kier molecular flexibility index (Phi) is 5.04. The molecule has 0 aromatic carbocycles. The zero-order valence-electron chi connectivity index (χ0n) is 9.23. The van der Waals surface area contributed by atoms with Crippen LogP contribution < -0.4 is 10.0 Å². The molecule has 0 bridgehead atoms. The minimum Gasteiger partial charge on any atom is -0.386 e. The number of pyridine rings is 1. The highest BCUT2D eigenvalue weighted by Gasteiger charge is 2.18. The Bertz CT molecular complexity index is 434. The highest BCUT2D eigenvalue weighted by atomic mass is 32.2. The second-order valence-electron chi connectivity index (χ2n) is 3.00. The van der Waals surface area contributed by atoms with Crippen LogP contribution in [-0.4, -0.2) is 39.0 Å². The van der Waals surface area contributed by atoms with Gasteiger partial charge in [-0.1, -0.05) is 0 Å². The number of anilines is 1. The van der Waals surface area contributed by atoms with Crippen LogP contribution in [0.3, 0.4) is 0 Å². The average molecular weight is 261 g/mol. The summed E-state index contributed by atoms with van der Waals surface area (Å²) in [5.74, 6) is 0.737. The number of hydrogen-bond acceptors (Lipinski definition) is 5. The maximum atomic E-state index is 11.9. The molecule has 0 fully saturated rings. The van der Waals surface area contributed by atoms with Crippen molar-refractivity contribution >= 4 is 27.5 Å². The van der Waals surface area contributed by atoms with Crippen LogP contribution >= 0.6 is 11.8 Å². The van der Waals surface area contributed by atoms with Gasteiger partial charge in [-0.3, -0.25) is 0 Å². The maximum absolute atomic E-state index is 11.9. The smallest absolute Gasteiger partial charge is 0.260 e. The molecule has 0 saturated heterocycles. The largest absolute Gasteiger partial charge is 0.386 e. The van der Waals surface area contributed by atoms with E-state index in [-0.39, 0.29) is 5.03 Å². The van der Waals surface area contributed by atoms with Crippen molar-refractivity contribution < 1.29 is 8.42 Å². The number of rotatable bonds is 6. The standard InChI is InChI=1S/C9H15N3O2S2/c1-10-8-4-3-5-11-9(8)16(13,14)12-6-7-15-2/h3-5,10,12H,6-7H2,1-2H3. The van der Waals surface area contributed by atoms with Crippen molar-refractivity contribution in [2.24, 2.45) is 0 Å². The van der Waals surface area contributed by atoms with Crippen LogP contribution in [0.4, 0.5) is 5.69 Å². The first kappa shape index (κ1) is 13.3. The fraction of sp³-hybridized carbons (Fsp3) is 0.444. The first-order valence-electron chi connectivity index (χ1n) is 4.73. The van der Waals surface area contributed by atoms with Gasteiger partial charge in [0, 0.05) is 25.5 Å². The third-order valence-electron chi connectivity index (χ3n) is 1.89. The van der Waals surface area contributed by atoms with Gasteiger partial charge >= 0.3 is 0 Å². The molecule has 0 aliphatic heterocycles. The number of hydrogen-bond donors (Lipinski definition) is 2. The van der Waals surface area contributed by atoms with Gasteiger partial charge in [-0.05, 0) is 18.4 Å². The summed E-state index contributed by atoms with van der Waals surface area (Å²) < 4.78 is 26.2. The van der Waals surface area contributed by atoms with Crippen molar-refractivity contribution in [3.63, 3.8) is 0 Å². The third-order valence-corrected chi connectivity index (χ3v) is 3.92. The summed E-state index contributed by atoms with van der Waals surface area (Å²) in [7, 11) is -1.85. The van der Waals surface area contributed by atoms with E-state index in [1.807, 2.05) is 6.26 Å². The van der Waals surface area contributed by atoms with E-state index in [2.05, 4.69) is 15.0 Å². The number of aromatic nitrogens is 1. The Labute approximate surface area is 100 Å².